The molecule has 0 fully saturated rings. The third-order valence-electron chi connectivity index (χ3n) is 1.38. The Bertz CT molecular complexity index is 219. The van der Waals surface area contributed by atoms with Crippen LogP contribution >= 0.6 is 0 Å². The van der Waals surface area contributed by atoms with Crippen LogP contribution in [0.1, 0.15) is 34.1 Å². The predicted octanol–water partition coefficient (Wildman–Crippen LogP) is 0.0396. The number of aliphatic carboxylic acids is 1. The molecule has 0 bridgehead atoms. The molecular weight excluding hydrogens is 186 g/mol. The highest BCUT2D eigenvalue weighted by molar-refractivity contribution is 5.78. The highest BCUT2D eigenvalue weighted by atomic mass is 16.6. The maximum atomic E-state index is 11.1. The summed E-state index contributed by atoms with van der Waals surface area (Å²) in [5.74, 6) is -1.31. The summed E-state index contributed by atoms with van der Waals surface area (Å²) in [6.07, 6.45) is -0.477. The number of rotatable bonds is 3. The summed E-state index contributed by atoms with van der Waals surface area (Å²) in [4.78, 5) is 21.6. The predicted molar refractivity (Wildman–Crippen MR) is 48.5 cm³/mol. The van der Waals surface area contributed by atoms with Gasteiger partial charge in [-0.05, 0) is 27.2 Å². The number of amides is 1. The normalized spacial score (nSPS) is 13.1. The van der Waals surface area contributed by atoms with Gasteiger partial charge < -0.3 is 20.0 Å². The van der Waals surface area contributed by atoms with Crippen LogP contribution in [-0.4, -0.2) is 23.7 Å². The Morgan fingerprint density at radius 3 is 2.21 bits per heavy atom. The number of alkyl carbamates (subject to hydrolysis) is 1. The van der Waals surface area contributed by atoms with E-state index in [0.717, 1.165) is 0 Å². The zero-order valence-electron chi connectivity index (χ0n) is 8.92. The average Bonchev–Trinajstić information content (AvgIpc) is 1.96. The fourth-order valence-corrected chi connectivity index (χ4v) is 0.777. The minimum absolute atomic E-state index is 0.265. The summed E-state index contributed by atoms with van der Waals surface area (Å²) < 4.78 is 4.88. The fraction of sp³-hybridized carbons (Fsp3) is 0.778. The first-order valence-electron chi connectivity index (χ1n) is 4.46. The number of carboxylic acid groups (broad SMARTS) is 1. The van der Waals surface area contributed by atoms with Gasteiger partial charge in [0.2, 0.25) is 0 Å². The van der Waals surface area contributed by atoms with Gasteiger partial charge in [0.1, 0.15) is 5.60 Å². The molecular formula is C9H16NO4-. The van der Waals surface area contributed by atoms with Crippen molar-refractivity contribution in [2.45, 2.75) is 45.8 Å². The van der Waals surface area contributed by atoms with Gasteiger partial charge in [0, 0.05) is 0 Å². The third-order valence-corrected chi connectivity index (χ3v) is 1.38. The summed E-state index contributed by atoms with van der Waals surface area (Å²) in [6, 6.07) is -0.996. The molecule has 0 unspecified atom stereocenters. The molecule has 14 heavy (non-hydrogen) atoms. The van der Waals surface area contributed by atoms with Crippen LogP contribution in [0, 0.1) is 0 Å². The lowest BCUT2D eigenvalue weighted by Gasteiger charge is -2.23. The highest BCUT2D eigenvalue weighted by Crippen LogP contribution is 2.06. The molecule has 82 valence electrons. The molecule has 0 heterocycles. The van der Waals surface area contributed by atoms with E-state index in [0.29, 0.717) is 0 Å². The van der Waals surface area contributed by atoms with E-state index in [1.807, 2.05) is 0 Å². The Morgan fingerprint density at radius 2 is 1.93 bits per heavy atom. The van der Waals surface area contributed by atoms with E-state index in [9.17, 15) is 14.7 Å². The molecule has 0 spiro atoms. The molecule has 1 atom stereocenters. The molecule has 0 aliphatic carbocycles. The van der Waals surface area contributed by atoms with Crippen LogP contribution in [0.15, 0.2) is 0 Å². The molecule has 1 N–H and O–H groups in total. The Balaban J connectivity index is 4.11. The lowest BCUT2D eigenvalue weighted by molar-refractivity contribution is -0.308. The van der Waals surface area contributed by atoms with Crippen molar-refractivity contribution in [2.75, 3.05) is 0 Å². The molecule has 0 aromatic carbocycles. The Hall–Kier alpha value is -1.26. The van der Waals surface area contributed by atoms with Crippen LogP contribution in [0.25, 0.3) is 0 Å². The monoisotopic (exact) mass is 202 g/mol. The molecule has 5 heteroatoms. The van der Waals surface area contributed by atoms with Gasteiger partial charge in [-0.25, -0.2) is 4.79 Å². The highest BCUT2D eigenvalue weighted by Gasteiger charge is 2.18. The van der Waals surface area contributed by atoms with Gasteiger partial charge >= 0.3 is 6.09 Å². The first kappa shape index (κ1) is 12.7. The quantitative estimate of drug-likeness (QED) is 0.700. The largest absolute Gasteiger partial charge is 0.548 e. The fourth-order valence-electron chi connectivity index (χ4n) is 0.777. The number of hydrogen-bond donors (Lipinski definition) is 1. The summed E-state index contributed by atoms with van der Waals surface area (Å²) in [6.45, 7) is 6.74. The molecule has 0 aromatic heterocycles. The maximum absolute atomic E-state index is 11.1. The molecule has 0 rings (SSSR count). The van der Waals surface area contributed by atoms with Gasteiger partial charge in [-0.3, -0.25) is 0 Å². The molecule has 0 saturated carbocycles. The molecule has 5 nitrogen and oxygen atoms in total. The number of carboxylic acids is 1. The topological polar surface area (TPSA) is 78.5 Å². The lowest BCUT2D eigenvalue weighted by atomic mass is 10.2. The van der Waals surface area contributed by atoms with Crippen molar-refractivity contribution < 1.29 is 19.4 Å². The minimum atomic E-state index is -1.31. The Labute approximate surface area is 83.4 Å². The van der Waals surface area contributed by atoms with Gasteiger partial charge in [-0.2, -0.15) is 0 Å². The van der Waals surface area contributed by atoms with E-state index >= 15 is 0 Å². The van der Waals surface area contributed by atoms with Crippen LogP contribution in [0.5, 0.6) is 0 Å². The van der Waals surface area contributed by atoms with E-state index in [-0.39, 0.29) is 6.42 Å². The smallest absolute Gasteiger partial charge is 0.408 e. The number of carbonyl (C=O) groups is 2. The van der Waals surface area contributed by atoms with E-state index in [1.165, 1.54) is 0 Å². The summed E-state index contributed by atoms with van der Waals surface area (Å²) in [5, 5.41) is 12.6. The maximum Gasteiger partial charge on any atom is 0.408 e. The third kappa shape index (κ3) is 5.40. The number of nitrogens with one attached hydrogen (secondary N) is 1. The number of carbonyl (C=O) groups excluding carboxylic acids is 2. The van der Waals surface area contributed by atoms with Gasteiger partial charge in [0.25, 0.3) is 0 Å². The average molecular weight is 202 g/mol. The van der Waals surface area contributed by atoms with Crippen LogP contribution in [0.3, 0.4) is 0 Å². The van der Waals surface area contributed by atoms with Crippen LogP contribution in [0.4, 0.5) is 4.79 Å². The lowest BCUT2D eigenvalue weighted by Crippen LogP contribution is -2.48. The van der Waals surface area contributed by atoms with Gasteiger partial charge in [-0.15, -0.1) is 0 Å². The molecule has 1 amide bonds. The molecule has 0 aliphatic rings. The summed E-state index contributed by atoms with van der Waals surface area (Å²) in [5.41, 5.74) is -0.631. The van der Waals surface area contributed by atoms with Crippen molar-refractivity contribution in [1.29, 1.82) is 0 Å². The van der Waals surface area contributed by atoms with Gasteiger partial charge in [-0.1, -0.05) is 6.92 Å². The van der Waals surface area contributed by atoms with Crippen molar-refractivity contribution in [1.82, 2.24) is 5.32 Å². The first-order valence-corrected chi connectivity index (χ1v) is 4.46. The first-order chi connectivity index (χ1) is 6.26. The van der Waals surface area contributed by atoms with Crippen LogP contribution in [-0.2, 0) is 9.53 Å². The van der Waals surface area contributed by atoms with E-state index in [2.05, 4.69) is 5.32 Å². The Morgan fingerprint density at radius 1 is 1.43 bits per heavy atom. The SMILES string of the molecule is CC[C@@H](NC(=O)OC(C)(C)C)C(=O)[O-]. The standard InChI is InChI=1S/C9H17NO4/c1-5-6(7(11)12)10-8(13)14-9(2,3)4/h6H,5H2,1-4H3,(H,10,13)(H,11,12)/p-1/t6-/m1/s1. The van der Waals surface area contributed by atoms with Crippen LogP contribution in [0.2, 0.25) is 0 Å². The van der Waals surface area contributed by atoms with E-state index in [1.54, 1.807) is 27.7 Å². The van der Waals surface area contributed by atoms with Crippen molar-refractivity contribution in [2.24, 2.45) is 0 Å². The summed E-state index contributed by atoms with van der Waals surface area (Å²) in [7, 11) is 0. The van der Waals surface area contributed by atoms with Crippen molar-refractivity contribution >= 4 is 12.1 Å². The molecule has 0 radical (unpaired) electrons. The van der Waals surface area contributed by atoms with Crippen LogP contribution < -0.4 is 10.4 Å². The van der Waals surface area contributed by atoms with E-state index in [4.69, 9.17) is 4.74 Å². The van der Waals surface area contributed by atoms with Crippen molar-refractivity contribution in [3.8, 4) is 0 Å². The van der Waals surface area contributed by atoms with Crippen molar-refractivity contribution in [3.63, 3.8) is 0 Å². The molecule has 0 saturated heterocycles. The minimum Gasteiger partial charge on any atom is -0.548 e. The zero-order valence-corrected chi connectivity index (χ0v) is 8.92. The molecule has 0 aromatic rings. The van der Waals surface area contributed by atoms with Gasteiger partial charge in [0.05, 0.1) is 12.0 Å². The van der Waals surface area contributed by atoms with Crippen molar-refractivity contribution in [3.05, 3.63) is 0 Å². The summed E-state index contributed by atoms with van der Waals surface area (Å²) >= 11 is 0. The van der Waals surface area contributed by atoms with E-state index < -0.39 is 23.7 Å². The number of hydrogen-bond acceptors (Lipinski definition) is 4. The second-order valence-corrected chi connectivity index (χ2v) is 3.93. The number of ether oxygens (including phenoxy) is 1. The van der Waals surface area contributed by atoms with Gasteiger partial charge in [0.15, 0.2) is 0 Å². The second kappa shape index (κ2) is 4.83. The zero-order chi connectivity index (χ0) is 11.4. The Kier molecular flexibility index (Phi) is 4.40. The molecule has 0 aliphatic heterocycles. The second-order valence-electron chi connectivity index (χ2n) is 3.93.